The van der Waals surface area contributed by atoms with Crippen LogP contribution in [0.25, 0.3) is 0 Å². The van der Waals surface area contributed by atoms with E-state index in [9.17, 15) is 13.0 Å². The van der Waals surface area contributed by atoms with Gasteiger partial charge in [0, 0.05) is 5.69 Å². The summed E-state index contributed by atoms with van der Waals surface area (Å²) in [5.74, 6) is 0.650. The van der Waals surface area contributed by atoms with Crippen molar-refractivity contribution in [3.63, 3.8) is 0 Å². The highest BCUT2D eigenvalue weighted by Crippen LogP contribution is 2.25. The second-order valence-corrected chi connectivity index (χ2v) is 6.72. The standard InChI is InChI=1S/C14H15NO4S.C4H11N/c1-19-13-9-7-12(8-10-13)15-14(20(16,17)18)11-5-3-2-4-6-11;1-3-5-4-2/h2-10,14-15H,1H3,(H,16,17,18);5H,3-4H2,1-2H3. The van der Waals surface area contributed by atoms with E-state index in [1.165, 1.54) is 20.2 Å². The van der Waals surface area contributed by atoms with Crippen LogP contribution < -0.4 is 15.4 Å². The van der Waals surface area contributed by atoms with Crippen LogP contribution in [0.2, 0.25) is 0 Å². The highest BCUT2D eigenvalue weighted by molar-refractivity contribution is 7.86. The van der Waals surface area contributed by atoms with Gasteiger partial charge in [-0.15, -0.1) is 0 Å². The Morgan fingerprint density at radius 3 is 2.00 bits per heavy atom. The summed E-state index contributed by atoms with van der Waals surface area (Å²) in [4.78, 5) is 0. The minimum atomic E-state index is -4.52. The maximum atomic E-state index is 11.4. The van der Waals surface area contributed by atoms with Crippen LogP contribution in [-0.4, -0.2) is 33.2 Å². The van der Waals surface area contributed by atoms with Gasteiger partial charge in [0.15, 0.2) is 0 Å². The Labute approximate surface area is 150 Å². The summed E-state index contributed by atoms with van der Waals surface area (Å²) in [7, 11) is -2.99. The summed E-state index contributed by atoms with van der Waals surface area (Å²) < 4.78 is 39.3. The van der Waals surface area contributed by atoms with Crippen LogP contribution in [-0.2, 0) is 10.1 Å². The van der Waals surface area contributed by atoms with Gasteiger partial charge in [-0.05, 0) is 43.7 Å². The van der Waals surface area contributed by atoms with Crippen molar-refractivity contribution in [1.29, 1.82) is 0 Å². The van der Waals surface area contributed by atoms with Crippen molar-refractivity contribution in [2.24, 2.45) is 0 Å². The fraction of sp³-hybridized carbons (Fsp3) is 0.333. The van der Waals surface area contributed by atoms with Gasteiger partial charge in [0.2, 0.25) is 0 Å². The Kier molecular flexibility index (Phi) is 8.98. The van der Waals surface area contributed by atoms with Crippen LogP contribution in [0.4, 0.5) is 5.69 Å². The predicted octanol–water partition coefficient (Wildman–Crippen LogP) is 1.94. The molecule has 0 fully saturated rings. The summed E-state index contributed by atoms with van der Waals surface area (Å²) in [6, 6.07) is 15.0. The number of methoxy groups -OCH3 is 1. The summed E-state index contributed by atoms with van der Waals surface area (Å²) in [5.41, 5.74) is 0.928. The molecule has 3 N–H and O–H groups in total. The molecule has 0 aliphatic rings. The topological polar surface area (TPSA) is 95.1 Å². The first-order valence-electron chi connectivity index (χ1n) is 8.14. The molecule has 25 heavy (non-hydrogen) atoms. The van der Waals surface area contributed by atoms with Crippen LogP contribution in [0.1, 0.15) is 24.8 Å². The zero-order valence-corrected chi connectivity index (χ0v) is 15.6. The van der Waals surface area contributed by atoms with E-state index < -0.39 is 15.5 Å². The summed E-state index contributed by atoms with van der Waals surface area (Å²) in [6.45, 7) is 6.75. The highest BCUT2D eigenvalue weighted by atomic mass is 32.2. The molecule has 0 saturated heterocycles. The van der Waals surface area contributed by atoms with Crippen molar-refractivity contribution in [2.45, 2.75) is 19.2 Å². The molecule has 7 heteroatoms. The highest BCUT2D eigenvalue weighted by Gasteiger charge is 2.18. The van der Waals surface area contributed by atoms with Gasteiger partial charge in [-0.3, -0.25) is 0 Å². The lowest BCUT2D eigenvalue weighted by molar-refractivity contribution is -0.648. The van der Waals surface area contributed by atoms with Crippen molar-refractivity contribution in [1.82, 2.24) is 0 Å². The summed E-state index contributed by atoms with van der Waals surface area (Å²) in [6.07, 6.45) is 0. The number of hydrogen-bond acceptors (Lipinski definition) is 5. The third kappa shape index (κ3) is 7.55. The Balaban J connectivity index is 0.000000550. The second-order valence-electron chi connectivity index (χ2n) is 5.26. The number of nitrogens with one attached hydrogen (secondary N) is 1. The minimum Gasteiger partial charge on any atom is -0.746 e. The van der Waals surface area contributed by atoms with Crippen molar-refractivity contribution in [3.8, 4) is 5.75 Å². The molecule has 0 saturated carbocycles. The van der Waals surface area contributed by atoms with E-state index in [0.29, 0.717) is 17.0 Å². The fourth-order valence-electron chi connectivity index (χ4n) is 2.08. The number of hydrogen-bond donors (Lipinski definition) is 2. The molecule has 138 valence electrons. The zero-order valence-electron chi connectivity index (χ0n) is 14.8. The summed E-state index contributed by atoms with van der Waals surface area (Å²) >= 11 is 0. The van der Waals surface area contributed by atoms with E-state index in [0.717, 1.165) is 0 Å². The zero-order chi connectivity index (χ0) is 18.7. The molecule has 0 amide bonds. The van der Waals surface area contributed by atoms with E-state index in [-0.39, 0.29) is 0 Å². The van der Waals surface area contributed by atoms with E-state index >= 15 is 0 Å². The van der Waals surface area contributed by atoms with Crippen LogP contribution >= 0.6 is 0 Å². The third-order valence-electron chi connectivity index (χ3n) is 3.36. The van der Waals surface area contributed by atoms with Gasteiger partial charge in [0.1, 0.15) is 21.2 Å². The molecule has 0 bridgehead atoms. The Morgan fingerprint density at radius 1 is 1.04 bits per heavy atom. The van der Waals surface area contributed by atoms with Gasteiger partial charge >= 0.3 is 0 Å². The smallest absolute Gasteiger partial charge is 0.143 e. The van der Waals surface area contributed by atoms with Gasteiger partial charge in [-0.25, -0.2) is 8.42 Å². The van der Waals surface area contributed by atoms with E-state index in [2.05, 4.69) is 24.5 Å². The predicted molar refractivity (Wildman–Crippen MR) is 98.5 cm³/mol. The van der Waals surface area contributed by atoms with Gasteiger partial charge in [0.25, 0.3) is 0 Å². The fourth-order valence-corrected chi connectivity index (χ4v) is 2.85. The van der Waals surface area contributed by atoms with E-state index in [1.807, 2.05) is 0 Å². The molecule has 0 radical (unpaired) electrons. The lowest BCUT2D eigenvalue weighted by Gasteiger charge is -2.23. The molecular formula is C18H26N2O4S. The van der Waals surface area contributed by atoms with Crippen molar-refractivity contribution >= 4 is 15.8 Å². The average Bonchev–Trinajstić information content (AvgIpc) is 2.61. The Bertz CT molecular complexity index is 702. The molecule has 1 unspecified atom stereocenters. The molecule has 6 nitrogen and oxygen atoms in total. The molecule has 2 aromatic carbocycles. The lowest BCUT2D eigenvalue weighted by atomic mass is 10.2. The van der Waals surface area contributed by atoms with E-state index in [1.54, 1.807) is 54.6 Å². The molecule has 1 atom stereocenters. The number of quaternary nitrogens is 1. The van der Waals surface area contributed by atoms with E-state index in [4.69, 9.17) is 4.74 Å². The van der Waals surface area contributed by atoms with Gasteiger partial charge < -0.3 is 19.9 Å². The van der Waals surface area contributed by atoms with Crippen molar-refractivity contribution < 1.29 is 23.0 Å². The lowest BCUT2D eigenvalue weighted by Crippen LogP contribution is -2.82. The third-order valence-corrected chi connectivity index (χ3v) is 4.32. The molecule has 2 rings (SSSR count). The first-order chi connectivity index (χ1) is 11.9. The van der Waals surface area contributed by atoms with Crippen LogP contribution in [0.5, 0.6) is 5.75 Å². The summed E-state index contributed by atoms with van der Waals surface area (Å²) in [5, 5.41) is 3.66. The molecule has 2 aromatic rings. The molecule has 0 aliphatic carbocycles. The minimum absolute atomic E-state index is 0.401. The number of nitrogens with two attached hydrogens (primary N) is 1. The molecule has 0 aromatic heterocycles. The monoisotopic (exact) mass is 366 g/mol. The normalized spacial score (nSPS) is 11.8. The van der Waals surface area contributed by atoms with Crippen LogP contribution in [0, 0.1) is 0 Å². The molecule has 0 spiro atoms. The second kappa shape index (κ2) is 10.7. The van der Waals surface area contributed by atoms with Gasteiger partial charge in [0.05, 0.1) is 20.2 Å². The Morgan fingerprint density at radius 2 is 1.60 bits per heavy atom. The molecule has 0 heterocycles. The maximum Gasteiger partial charge on any atom is 0.143 e. The first-order valence-corrected chi connectivity index (χ1v) is 9.61. The molecule has 0 aliphatic heterocycles. The quantitative estimate of drug-likeness (QED) is 0.730. The van der Waals surface area contributed by atoms with Crippen molar-refractivity contribution in [2.75, 3.05) is 25.5 Å². The average molecular weight is 366 g/mol. The van der Waals surface area contributed by atoms with Crippen LogP contribution in [0.3, 0.4) is 0 Å². The number of ether oxygens (including phenoxy) is 1. The molecular weight excluding hydrogens is 340 g/mol. The largest absolute Gasteiger partial charge is 0.746 e. The maximum absolute atomic E-state index is 11.4. The Hall–Kier alpha value is -2.09. The first kappa shape index (κ1) is 21.0. The number of rotatable bonds is 7. The number of anilines is 1. The van der Waals surface area contributed by atoms with Gasteiger partial charge in [-0.2, -0.15) is 0 Å². The van der Waals surface area contributed by atoms with Crippen molar-refractivity contribution in [3.05, 3.63) is 60.2 Å². The van der Waals surface area contributed by atoms with Crippen LogP contribution in [0.15, 0.2) is 54.6 Å². The number of benzene rings is 2. The SMILES string of the molecule is CC[NH2+]CC.COc1ccc(NC(c2ccccc2)S(=O)(=O)[O-])cc1. The van der Waals surface area contributed by atoms with Gasteiger partial charge in [-0.1, -0.05) is 30.3 Å².